The SMILES string of the molecule is Cc1cc(-c2nc(C(N)C3CC3)no2)sc1C. The zero-order valence-corrected chi connectivity index (χ0v) is 10.8. The van der Waals surface area contributed by atoms with Crippen molar-refractivity contribution in [1.29, 1.82) is 0 Å². The highest BCUT2D eigenvalue weighted by Crippen LogP contribution is 2.39. The first-order valence-electron chi connectivity index (χ1n) is 5.81. The van der Waals surface area contributed by atoms with Crippen molar-refractivity contribution in [2.45, 2.75) is 32.7 Å². The monoisotopic (exact) mass is 249 g/mol. The van der Waals surface area contributed by atoms with Crippen LogP contribution in [0.3, 0.4) is 0 Å². The van der Waals surface area contributed by atoms with Gasteiger partial charge in [-0.25, -0.2) is 0 Å². The Hall–Kier alpha value is -1.20. The maximum absolute atomic E-state index is 6.05. The molecule has 1 atom stereocenters. The fraction of sp³-hybridized carbons (Fsp3) is 0.500. The van der Waals surface area contributed by atoms with Gasteiger partial charge >= 0.3 is 0 Å². The van der Waals surface area contributed by atoms with Gasteiger partial charge in [0.15, 0.2) is 5.82 Å². The van der Waals surface area contributed by atoms with Crippen LogP contribution in [0.5, 0.6) is 0 Å². The van der Waals surface area contributed by atoms with E-state index in [9.17, 15) is 0 Å². The molecule has 0 aliphatic heterocycles. The summed E-state index contributed by atoms with van der Waals surface area (Å²) >= 11 is 1.68. The van der Waals surface area contributed by atoms with E-state index in [-0.39, 0.29) is 6.04 Å². The van der Waals surface area contributed by atoms with E-state index in [1.54, 1.807) is 11.3 Å². The van der Waals surface area contributed by atoms with Crippen LogP contribution in [0, 0.1) is 19.8 Å². The maximum Gasteiger partial charge on any atom is 0.268 e. The molecule has 1 unspecified atom stereocenters. The molecule has 2 aromatic rings. The van der Waals surface area contributed by atoms with Crippen molar-refractivity contribution in [2.24, 2.45) is 11.7 Å². The minimum atomic E-state index is -0.0605. The lowest BCUT2D eigenvalue weighted by molar-refractivity contribution is 0.412. The fourth-order valence-corrected chi connectivity index (χ4v) is 2.77. The lowest BCUT2D eigenvalue weighted by Crippen LogP contribution is -2.13. The van der Waals surface area contributed by atoms with E-state index in [2.05, 4.69) is 30.1 Å². The highest BCUT2D eigenvalue weighted by Gasteiger charge is 2.32. The third kappa shape index (κ3) is 2.00. The molecule has 2 N–H and O–H groups in total. The molecule has 0 amide bonds. The highest BCUT2D eigenvalue weighted by molar-refractivity contribution is 7.15. The molecule has 0 bridgehead atoms. The van der Waals surface area contributed by atoms with Crippen molar-refractivity contribution in [1.82, 2.24) is 10.1 Å². The van der Waals surface area contributed by atoms with Crippen LogP contribution in [0.15, 0.2) is 10.6 Å². The van der Waals surface area contributed by atoms with E-state index in [1.807, 2.05) is 0 Å². The molecule has 3 rings (SSSR count). The van der Waals surface area contributed by atoms with Gasteiger partial charge in [-0.05, 0) is 44.2 Å². The normalized spacial score (nSPS) is 17.4. The second-order valence-electron chi connectivity index (χ2n) is 4.67. The summed E-state index contributed by atoms with van der Waals surface area (Å²) in [5, 5.41) is 3.99. The zero-order valence-electron chi connectivity index (χ0n) is 9.93. The zero-order chi connectivity index (χ0) is 12.0. The number of rotatable bonds is 3. The van der Waals surface area contributed by atoms with Crippen LogP contribution in [0.25, 0.3) is 10.8 Å². The molecule has 0 radical (unpaired) electrons. The molecule has 1 aliphatic rings. The first-order chi connectivity index (χ1) is 8.15. The van der Waals surface area contributed by atoms with Gasteiger partial charge in [0.05, 0.1) is 10.9 Å². The second kappa shape index (κ2) is 3.92. The van der Waals surface area contributed by atoms with Gasteiger partial charge in [0.2, 0.25) is 0 Å². The van der Waals surface area contributed by atoms with Gasteiger partial charge in [-0.15, -0.1) is 11.3 Å². The Bertz CT molecular complexity index is 522. The second-order valence-corrected chi connectivity index (χ2v) is 5.93. The van der Waals surface area contributed by atoms with Crippen LogP contribution in [-0.2, 0) is 0 Å². The molecule has 5 heteroatoms. The van der Waals surface area contributed by atoms with Gasteiger partial charge in [-0.1, -0.05) is 5.16 Å². The molecule has 2 heterocycles. The van der Waals surface area contributed by atoms with E-state index in [0.29, 0.717) is 17.6 Å². The summed E-state index contributed by atoms with van der Waals surface area (Å²) in [7, 11) is 0. The molecule has 0 aromatic carbocycles. The van der Waals surface area contributed by atoms with Crippen molar-refractivity contribution in [2.75, 3.05) is 0 Å². The number of aryl methyl sites for hydroxylation is 2. The fourth-order valence-electron chi connectivity index (χ4n) is 1.82. The Balaban J connectivity index is 1.88. The van der Waals surface area contributed by atoms with Crippen LogP contribution in [-0.4, -0.2) is 10.1 Å². The minimum Gasteiger partial charge on any atom is -0.333 e. The first-order valence-corrected chi connectivity index (χ1v) is 6.63. The molecule has 0 saturated heterocycles. The van der Waals surface area contributed by atoms with E-state index >= 15 is 0 Å². The van der Waals surface area contributed by atoms with Gasteiger partial charge in [0.25, 0.3) is 5.89 Å². The third-order valence-corrected chi connectivity index (χ3v) is 4.39. The van der Waals surface area contributed by atoms with Gasteiger partial charge in [0, 0.05) is 4.88 Å². The average Bonchev–Trinajstić information content (AvgIpc) is 2.94. The number of hydrogen-bond donors (Lipinski definition) is 1. The summed E-state index contributed by atoms with van der Waals surface area (Å²) in [6, 6.07) is 2.02. The van der Waals surface area contributed by atoms with Gasteiger partial charge in [-0.2, -0.15) is 4.98 Å². The predicted octanol–water partition coefficient (Wildman–Crippen LogP) is 2.82. The Labute approximate surface area is 104 Å². The summed E-state index contributed by atoms with van der Waals surface area (Å²) in [4.78, 5) is 6.72. The summed E-state index contributed by atoms with van der Waals surface area (Å²) in [6.07, 6.45) is 2.37. The van der Waals surface area contributed by atoms with Crippen molar-refractivity contribution >= 4 is 11.3 Å². The van der Waals surface area contributed by atoms with Crippen LogP contribution < -0.4 is 5.73 Å². The van der Waals surface area contributed by atoms with Gasteiger partial charge < -0.3 is 10.3 Å². The van der Waals surface area contributed by atoms with E-state index in [4.69, 9.17) is 10.3 Å². The van der Waals surface area contributed by atoms with Crippen molar-refractivity contribution in [3.63, 3.8) is 0 Å². The lowest BCUT2D eigenvalue weighted by atomic mass is 10.2. The number of aromatic nitrogens is 2. The molecule has 90 valence electrons. The standard InChI is InChI=1S/C12H15N3OS/c1-6-5-9(17-7(6)2)12-14-11(15-16-12)10(13)8-3-4-8/h5,8,10H,3-4,13H2,1-2H3. The number of thiophene rings is 1. The van der Waals surface area contributed by atoms with Crippen molar-refractivity contribution in [3.05, 3.63) is 22.3 Å². The Morgan fingerprint density at radius 1 is 1.47 bits per heavy atom. The highest BCUT2D eigenvalue weighted by atomic mass is 32.1. The molecule has 4 nitrogen and oxygen atoms in total. The Morgan fingerprint density at radius 3 is 2.82 bits per heavy atom. The summed E-state index contributed by atoms with van der Waals surface area (Å²) < 4.78 is 5.29. The van der Waals surface area contributed by atoms with E-state index < -0.39 is 0 Å². The van der Waals surface area contributed by atoms with Gasteiger partial charge in [-0.3, -0.25) is 0 Å². The number of nitrogens with zero attached hydrogens (tertiary/aromatic N) is 2. The Kier molecular flexibility index (Phi) is 2.52. The molecule has 17 heavy (non-hydrogen) atoms. The largest absolute Gasteiger partial charge is 0.333 e. The predicted molar refractivity (Wildman–Crippen MR) is 66.7 cm³/mol. The van der Waals surface area contributed by atoms with E-state index in [0.717, 1.165) is 4.88 Å². The van der Waals surface area contributed by atoms with Crippen LogP contribution in [0.4, 0.5) is 0 Å². The third-order valence-electron chi connectivity index (χ3n) is 3.25. The molecule has 1 aliphatic carbocycles. The first kappa shape index (κ1) is 10.9. The summed E-state index contributed by atoms with van der Waals surface area (Å²) in [6.45, 7) is 4.18. The molecule has 1 saturated carbocycles. The quantitative estimate of drug-likeness (QED) is 0.908. The van der Waals surface area contributed by atoms with Crippen molar-refractivity contribution in [3.8, 4) is 10.8 Å². The van der Waals surface area contributed by atoms with Gasteiger partial charge in [0.1, 0.15) is 0 Å². The lowest BCUT2D eigenvalue weighted by Gasteiger charge is -2.01. The molecular weight excluding hydrogens is 234 g/mol. The van der Waals surface area contributed by atoms with E-state index in [1.165, 1.54) is 23.3 Å². The van der Waals surface area contributed by atoms with Crippen LogP contribution in [0.2, 0.25) is 0 Å². The maximum atomic E-state index is 6.05. The van der Waals surface area contributed by atoms with Crippen LogP contribution >= 0.6 is 11.3 Å². The molecule has 1 fully saturated rings. The van der Waals surface area contributed by atoms with Crippen LogP contribution in [0.1, 0.15) is 35.1 Å². The Morgan fingerprint density at radius 2 is 2.24 bits per heavy atom. The smallest absolute Gasteiger partial charge is 0.268 e. The number of hydrogen-bond acceptors (Lipinski definition) is 5. The average molecular weight is 249 g/mol. The minimum absolute atomic E-state index is 0.0605. The number of nitrogens with two attached hydrogens (primary N) is 1. The molecule has 0 spiro atoms. The topological polar surface area (TPSA) is 64.9 Å². The molecule has 2 aromatic heterocycles. The summed E-state index contributed by atoms with van der Waals surface area (Å²) in [5.41, 5.74) is 7.31. The molecular formula is C12H15N3OS. The summed E-state index contributed by atoms with van der Waals surface area (Å²) in [5.74, 6) is 1.79. The van der Waals surface area contributed by atoms with Crippen molar-refractivity contribution < 1.29 is 4.52 Å².